The third-order valence-corrected chi connectivity index (χ3v) is 4.13. The largest absolute Gasteiger partial charge is 0.378 e. The first-order valence-corrected chi connectivity index (χ1v) is 6.81. The summed E-state index contributed by atoms with van der Waals surface area (Å²) in [6, 6.07) is -0.641. The van der Waals surface area contributed by atoms with Gasteiger partial charge in [0, 0.05) is 19.1 Å². The van der Waals surface area contributed by atoms with Crippen LogP contribution in [0, 0.1) is 5.41 Å². The number of methoxy groups -OCH3 is 1. The molecule has 0 saturated carbocycles. The predicted molar refractivity (Wildman–Crippen MR) is 72.3 cm³/mol. The third kappa shape index (κ3) is 3.43. The van der Waals surface area contributed by atoms with Crippen LogP contribution in [-0.4, -0.2) is 55.9 Å². The van der Waals surface area contributed by atoms with Crippen LogP contribution in [0.2, 0.25) is 0 Å². The fraction of sp³-hybridized carbons (Fsp3) is 0.923. The Hall–Kier alpha value is -0.720. The summed E-state index contributed by atoms with van der Waals surface area (Å²) in [5.74, 6) is -0.220. The molecule has 19 heavy (non-hydrogen) atoms. The number of nitrogens with two attached hydrogens (primary N) is 2. The molecule has 1 rings (SSSR count). The van der Waals surface area contributed by atoms with Gasteiger partial charge < -0.3 is 21.1 Å². The number of nitrogens with zero attached hydrogens (tertiary/aromatic N) is 1. The summed E-state index contributed by atoms with van der Waals surface area (Å²) in [4.78, 5) is 13.7. The maximum absolute atomic E-state index is 14.2. The Kier molecular flexibility index (Phi) is 5.70. The first kappa shape index (κ1) is 16.3. The highest BCUT2D eigenvalue weighted by Gasteiger charge is 2.46. The van der Waals surface area contributed by atoms with E-state index >= 15 is 0 Å². The van der Waals surface area contributed by atoms with Crippen LogP contribution in [0.4, 0.5) is 4.39 Å². The number of hydrogen-bond donors (Lipinski definition) is 2. The molecule has 0 aromatic carbocycles. The lowest BCUT2D eigenvalue weighted by Crippen LogP contribution is -2.60. The number of hydrogen-bond acceptors (Lipinski definition) is 4. The molecule has 1 aliphatic rings. The molecule has 0 aliphatic carbocycles. The maximum Gasteiger partial charge on any atom is 0.239 e. The molecule has 0 bridgehead atoms. The van der Waals surface area contributed by atoms with E-state index in [1.165, 1.54) is 12.0 Å². The van der Waals surface area contributed by atoms with Gasteiger partial charge in [-0.15, -0.1) is 0 Å². The number of amides is 1. The number of ether oxygens (including phenoxy) is 1. The van der Waals surface area contributed by atoms with E-state index in [0.717, 1.165) is 6.42 Å². The Morgan fingerprint density at radius 2 is 2.26 bits per heavy atom. The van der Waals surface area contributed by atoms with Crippen molar-refractivity contribution in [3.8, 4) is 0 Å². The summed E-state index contributed by atoms with van der Waals surface area (Å²) >= 11 is 0. The van der Waals surface area contributed by atoms with Gasteiger partial charge >= 0.3 is 0 Å². The Morgan fingerprint density at radius 1 is 1.63 bits per heavy atom. The summed E-state index contributed by atoms with van der Waals surface area (Å²) in [5, 5.41) is 0. The second-order valence-corrected chi connectivity index (χ2v) is 5.58. The number of rotatable bonds is 5. The Balaban J connectivity index is 2.81. The van der Waals surface area contributed by atoms with Gasteiger partial charge in [0.15, 0.2) is 0 Å². The van der Waals surface area contributed by atoms with Crippen molar-refractivity contribution in [1.82, 2.24) is 4.90 Å². The molecule has 4 atom stereocenters. The summed E-state index contributed by atoms with van der Waals surface area (Å²) in [5.41, 5.74) is 10.8. The Morgan fingerprint density at radius 3 is 2.74 bits per heavy atom. The zero-order valence-electron chi connectivity index (χ0n) is 12.1. The van der Waals surface area contributed by atoms with Crippen LogP contribution in [0.5, 0.6) is 0 Å². The summed E-state index contributed by atoms with van der Waals surface area (Å²) < 4.78 is 19.5. The highest BCUT2D eigenvalue weighted by molar-refractivity contribution is 5.81. The average molecular weight is 275 g/mol. The van der Waals surface area contributed by atoms with Crippen molar-refractivity contribution in [2.45, 2.75) is 45.0 Å². The zero-order valence-corrected chi connectivity index (χ0v) is 12.1. The molecule has 2 unspecified atom stereocenters. The van der Waals surface area contributed by atoms with Gasteiger partial charge in [-0.2, -0.15) is 0 Å². The topological polar surface area (TPSA) is 81.6 Å². The molecule has 4 N–H and O–H groups in total. The molecule has 6 heteroatoms. The van der Waals surface area contributed by atoms with Crippen LogP contribution in [0.1, 0.15) is 26.7 Å². The molecule has 1 amide bonds. The van der Waals surface area contributed by atoms with Crippen LogP contribution < -0.4 is 11.5 Å². The summed E-state index contributed by atoms with van der Waals surface area (Å²) in [7, 11) is 1.52. The van der Waals surface area contributed by atoms with Crippen molar-refractivity contribution in [3.63, 3.8) is 0 Å². The van der Waals surface area contributed by atoms with Crippen molar-refractivity contribution >= 4 is 5.91 Å². The maximum atomic E-state index is 14.2. The molecule has 0 aromatic heterocycles. The van der Waals surface area contributed by atoms with E-state index in [2.05, 4.69) is 0 Å². The molecule has 5 nitrogen and oxygen atoms in total. The van der Waals surface area contributed by atoms with Gasteiger partial charge in [-0.1, -0.05) is 13.8 Å². The number of carbonyl (C=O) groups excluding carboxylic acids is 1. The van der Waals surface area contributed by atoms with Crippen molar-refractivity contribution in [2.24, 2.45) is 16.9 Å². The van der Waals surface area contributed by atoms with Gasteiger partial charge in [-0.05, 0) is 19.4 Å². The smallest absolute Gasteiger partial charge is 0.239 e. The number of likely N-dealkylation sites (tertiary alicyclic amines) is 1. The lowest BCUT2D eigenvalue weighted by Gasteiger charge is -2.47. The number of halogens is 1. The van der Waals surface area contributed by atoms with E-state index in [-0.39, 0.29) is 17.9 Å². The first-order chi connectivity index (χ1) is 8.89. The standard InChI is InChI=1S/C13H26FN3O2/c1-4-13(2)8-17(7-9(14)11(13)19-3)12(18)10(16)5-6-15/h9-11H,4-8,15-16H2,1-3H3/t9-,10?,11-,13?/m1/s1. The molecule has 112 valence electrons. The van der Waals surface area contributed by atoms with Gasteiger partial charge in [-0.3, -0.25) is 4.79 Å². The van der Waals surface area contributed by atoms with Crippen LogP contribution in [0.25, 0.3) is 0 Å². The molecule has 1 fully saturated rings. The monoisotopic (exact) mass is 275 g/mol. The number of piperidine rings is 1. The molecular formula is C13H26FN3O2. The molecule has 1 heterocycles. The van der Waals surface area contributed by atoms with E-state index in [4.69, 9.17) is 16.2 Å². The lowest BCUT2D eigenvalue weighted by molar-refractivity contribution is -0.150. The highest BCUT2D eigenvalue weighted by atomic mass is 19.1. The Bertz CT molecular complexity index is 316. The highest BCUT2D eigenvalue weighted by Crippen LogP contribution is 2.36. The second kappa shape index (κ2) is 6.63. The fourth-order valence-corrected chi connectivity index (χ4v) is 2.78. The molecule has 1 aliphatic heterocycles. The summed E-state index contributed by atoms with van der Waals surface area (Å²) in [6.45, 7) is 4.80. The van der Waals surface area contributed by atoms with Crippen LogP contribution in [0.3, 0.4) is 0 Å². The summed E-state index contributed by atoms with van der Waals surface area (Å²) in [6.07, 6.45) is -0.505. The van der Waals surface area contributed by atoms with Crippen molar-refractivity contribution in [3.05, 3.63) is 0 Å². The zero-order chi connectivity index (χ0) is 14.6. The van der Waals surface area contributed by atoms with Gasteiger partial charge in [0.1, 0.15) is 6.17 Å². The SMILES string of the molecule is CCC1(C)CN(C(=O)C(N)CCN)C[C@@H](F)[C@H]1OC. The van der Waals surface area contributed by atoms with Gasteiger partial charge in [0.05, 0.1) is 18.7 Å². The molecule has 0 aromatic rings. The Labute approximate surface area is 114 Å². The van der Waals surface area contributed by atoms with E-state index in [9.17, 15) is 9.18 Å². The third-order valence-electron chi connectivity index (χ3n) is 4.13. The quantitative estimate of drug-likeness (QED) is 0.755. The molecular weight excluding hydrogens is 249 g/mol. The van der Waals surface area contributed by atoms with Gasteiger partial charge in [-0.25, -0.2) is 4.39 Å². The van der Waals surface area contributed by atoms with E-state index in [0.29, 0.717) is 19.5 Å². The van der Waals surface area contributed by atoms with Crippen LogP contribution in [0.15, 0.2) is 0 Å². The second-order valence-electron chi connectivity index (χ2n) is 5.58. The van der Waals surface area contributed by atoms with Gasteiger partial charge in [0.25, 0.3) is 0 Å². The van der Waals surface area contributed by atoms with Crippen molar-refractivity contribution < 1.29 is 13.9 Å². The van der Waals surface area contributed by atoms with Crippen molar-refractivity contribution in [1.29, 1.82) is 0 Å². The minimum absolute atomic E-state index is 0.0468. The van der Waals surface area contributed by atoms with E-state index in [1.807, 2.05) is 13.8 Å². The van der Waals surface area contributed by atoms with Crippen molar-refractivity contribution in [2.75, 3.05) is 26.7 Å². The van der Waals surface area contributed by atoms with E-state index < -0.39 is 18.3 Å². The normalized spacial score (nSPS) is 33.3. The van der Waals surface area contributed by atoms with Gasteiger partial charge in [0.2, 0.25) is 5.91 Å². The average Bonchev–Trinajstić information content (AvgIpc) is 2.37. The van der Waals surface area contributed by atoms with Crippen LogP contribution in [-0.2, 0) is 9.53 Å². The number of carbonyl (C=O) groups is 1. The molecule has 0 radical (unpaired) electrons. The lowest BCUT2D eigenvalue weighted by atomic mass is 9.76. The number of alkyl halides is 1. The molecule has 1 saturated heterocycles. The first-order valence-electron chi connectivity index (χ1n) is 6.81. The predicted octanol–water partition coefficient (Wildman–Crippen LogP) is 0.274. The van der Waals surface area contributed by atoms with E-state index in [1.54, 1.807) is 0 Å². The minimum Gasteiger partial charge on any atom is -0.378 e. The molecule has 0 spiro atoms. The minimum atomic E-state index is -1.18. The fourth-order valence-electron chi connectivity index (χ4n) is 2.78. The van der Waals surface area contributed by atoms with Crippen LogP contribution >= 0.6 is 0 Å².